The van der Waals surface area contributed by atoms with Crippen LogP contribution in [0, 0.1) is 0 Å². The van der Waals surface area contributed by atoms with Crippen LogP contribution in [0.2, 0.25) is 0 Å². The predicted octanol–water partition coefficient (Wildman–Crippen LogP) is 2.20. The second kappa shape index (κ2) is 3.02. The minimum atomic E-state index is 0.600. The van der Waals surface area contributed by atoms with Crippen molar-refractivity contribution in [2.75, 3.05) is 5.75 Å². The minimum absolute atomic E-state index is 0.600. The maximum absolute atomic E-state index is 4.37. The van der Waals surface area contributed by atoms with E-state index < -0.39 is 0 Å². The molecule has 0 amide bonds. The molecule has 0 nitrogen and oxygen atoms in total. The van der Waals surface area contributed by atoms with Crippen LogP contribution in [0.5, 0.6) is 0 Å². The van der Waals surface area contributed by atoms with Crippen molar-refractivity contribution in [3.63, 3.8) is 0 Å². The predicted molar refractivity (Wildman–Crippen MR) is 43.9 cm³/mol. The van der Waals surface area contributed by atoms with Gasteiger partial charge in [0.2, 0.25) is 0 Å². The van der Waals surface area contributed by atoms with Crippen LogP contribution in [-0.4, -0.2) is 16.3 Å². The molecule has 48 valence electrons. The van der Waals surface area contributed by atoms with Crippen LogP contribution in [-0.2, 0) is 0 Å². The van der Waals surface area contributed by atoms with Crippen LogP contribution in [0.25, 0.3) is 0 Å². The topological polar surface area (TPSA) is 0 Å². The molecule has 0 bridgehead atoms. The van der Waals surface area contributed by atoms with E-state index in [2.05, 4.69) is 31.3 Å². The maximum atomic E-state index is 4.37. The molecule has 1 aliphatic heterocycles. The van der Waals surface area contributed by atoms with Gasteiger partial charge < -0.3 is 0 Å². The van der Waals surface area contributed by atoms with Crippen molar-refractivity contribution in [3.05, 3.63) is 0 Å². The average molecular weight is 148 g/mol. The highest BCUT2D eigenvalue weighted by Crippen LogP contribution is 2.30. The zero-order valence-electron chi connectivity index (χ0n) is 5.13. The van der Waals surface area contributed by atoms with E-state index in [1.807, 2.05) is 0 Å². The fourth-order valence-corrected chi connectivity index (χ4v) is 2.64. The zero-order chi connectivity index (χ0) is 5.98. The quantitative estimate of drug-likeness (QED) is 0.556. The lowest BCUT2D eigenvalue weighted by atomic mass is 10.2. The van der Waals surface area contributed by atoms with Crippen LogP contribution in [0.15, 0.2) is 0 Å². The molecule has 2 unspecified atom stereocenters. The Labute approximate surface area is 60.8 Å². The van der Waals surface area contributed by atoms with Crippen molar-refractivity contribution >= 4 is 24.4 Å². The Hall–Kier alpha value is 0.700. The second-order valence-corrected chi connectivity index (χ2v) is 4.45. The van der Waals surface area contributed by atoms with Gasteiger partial charge in [-0.2, -0.15) is 24.4 Å². The van der Waals surface area contributed by atoms with Gasteiger partial charge >= 0.3 is 0 Å². The summed E-state index contributed by atoms with van der Waals surface area (Å²) < 4.78 is 0. The molecule has 0 spiro atoms. The molecule has 0 aromatic heterocycles. The van der Waals surface area contributed by atoms with Crippen LogP contribution >= 0.6 is 24.4 Å². The molecule has 1 fully saturated rings. The standard InChI is InChI=1S/C6H12S2/c1-5(7)6-3-2-4-8-6/h5-7H,2-4H2,1H3. The largest absolute Gasteiger partial charge is 0.175 e. The summed E-state index contributed by atoms with van der Waals surface area (Å²) in [5, 5.41) is 1.45. The van der Waals surface area contributed by atoms with E-state index in [9.17, 15) is 0 Å². The van der Waals surface area contributed by atoms with E-state index in [0.717, 1.165) is 5.25 Å². The molecule has 2 heteroatoms. The summed E-state index contributed by atoms with van der Waals surface area (Å²) in [6, 6.07) is 0. The van der Waals surface area contributed by atoms with Crippen LogP contribution in [0.3, 0.4) is 0 Å². The molecule has 0 aliphatic carbocycles. The third-order valence-corrected chi connectivity index (χ3v) is 3.66. The van der Waals surface area contributed by atoms with E-state index in [-0.39, 0.29) is 0 Å². The fourth-order valence-electron chi connectivity index (χ4n) is 0.983. The summed E-state index contributed by atoms with van der Waals surface area (Å²) in [4.78, 5) is 0. The number of thiol groups is 1. The Morgan fingerprint density at radius 3 is 2.75 bits per heavy atom. The molecule has 1 rings (SSSR count). The van der Waals surface area contributed by atoms with Gasteiger partial charge in [0.05, 0.1) is 0 Å². The number of rotatable bonds is 1. The molecule has 1 heterocycles. The summed E-state index contributed by atoms with van der Waals surface area (Å²) in [5.74, 6) is 1.36. The first-order valence-corrected chi connectivity index (χ1v) is 4.67. The van der Waals surface area contributed by atoms with Gasteiger partial charge in [-0.05, 0) is 18.6 Å². The summed E-state index contributed by atoms with van der Waals surface area (Å²) >= 11 is 6.45. The Bertz CT molecular complexity index is 64.9. The first-order chi connectivity index (χ1) is 3.80. The third-order valence-electron chi connectivity index (χ3n) is 1.50. The van der Waals surface area contributed by atoms with Crippen molar-refractivity contribution in [3.8, 4) is 0 Å². The Kier molecular flexibility index (Phi) is 2.57. The van der Waals surface area contributed by atoms with E-state index in [4.69, 9.17) is 0 Å². The third kappa shape index (κ3) is 1.59. The van der Waals surface area contributed by atoms with E-state index in [0.29, 0.717) is 5.25 Å². The summed E-state index contributed by atoms with van der Waals surface area (Å²) in [5.41, 5.74) is 0. The lowest BCUT2D eigenvalue weighted by Crippen LogP contribution is -2.08. The highest BCUT2D eigenvalue weighted by atomic mass is 32.2. The smallest absolute Gasteiger partial charge is 0.0161 e. The molecule has 0 radical (unpaired) electrons. The minimum Gasteiger partial charge on any atom is -0.175 e. The van der Waals surface area contributed by atoms with Crippen molar-refractivity contribution in [1.82, 2.24) is 0 Å². The number of thioether (sulfide) groups is 1. The second-order valence-electron chi connectivity index (χ2n) is 2.29. The van der Waals surface area contributed by atoms with Gasteiger partial charge in [0.1, 0.15) is 0 Å². The van der Waals surface area contributed by atoms with Gasteiger partial charge in [-0.25, -0.2) is 0 Å². The monoisotopic (exact) mass is 148 g/mol. The van der Waals surface area contributed by atoms with Crippen LogP contribution < -0.4 is 0 Å². The molecular weight excluding hydrogens is 136 g/mol. The molecule has 0 N–H and O–H groups in total. The molecule has 8 heavy (non-hydrogen) atoms. The highest BCUT2D eigenvalue weighted by Gasteiger charge is 2.18. The van der Waals surface area contributed by atoms with Gasteiger partial charge in [-0.3, -0.25) is 0 Å². The van der Waals surface area contributed by atoms with E-state index in [1.54, 1.807) is 0 Å². The molecular formula is C6H12S2. The van der Waals surface area contributed by atoms with Crippen molar-refractivity contribution < 1.29 is 0 Å². The summed E-state index contributed by atoms with van der Waals surface area (Å²) in [6.45, 7) is 2.19. The molecule has 0 aromatic carbocycles. The zero-order valence-corrected chi connectivity index (χ0v) is 6.84. The number of hydrogen-bond donors (Lipinski definition) is 1. The Morgan fingerprint density at radius 2 is 2.50 bits per heavy atom. The van der Waals surface area contributed by atoms with Crippen LogP contribution in [0.4, 0.5) is 0 Å². The van der Waals surface area contributed by atoms with Crippen molar-refractivity contribution in [2.45, 2.75) is 30.3 Å². The summed E-state index contributed by atoms with van der Waals surface area (Å²) in [7, 11) is 0. The highest BCUT2D eigenvalue weighted by molar-refractivity contribution is 8.00. The lowest BCUT2D eigenvalue weighted by Gasteiger charge is -2.09. The van der Waals surface area contributed by atoms with Gasteiger partial charge in [-0.1, -0.05) is 6.92 Å². The van der Waals surface area contributed by atoms with Crippen LogP contribution in [0.1, 0.15) is 19.8 Å². The SMILES string of the molecule is CC(S)C1CCCS1. The Morgan fingerprint density at radius 1 is 1.75 bits per heavy atom. The summed E-state index contributed by atoms with van der Waals surface area (Å²) in [6.07, 6.45) is 2.79. The van der Waals surface area contributed by atoms with Crippen molar-refractivity contribution in [2.24, 2.45) is 0 Å². The molecule has 2 atom stereocenters. The van der Waals surface area contributed by atoms with E-state index in [1.165, 1.54) is 18.6 Å². The molecule has 0 saturated carbocycles. The fraction of sp³-hybridized carbons (Fsp3) is 1.00. The Balaban J connectivity index is 2.24. The van der Waals surface area contributed by atoms with E-state index >= 15 is 0 Å². The lowest BCUT2D eigenvalue weighted by molar-refractivity contribution is 0.774. The maximum Gasteiger partial charge on any atom is 0.0161 e. The average Bonchev–Trinajstić information content (AvgIpc) is 2.12. The van der Waals surface area contributed by atoms with Gasteiger partial charge in [-0.15, -0.1) is 0 Å². The first-order valence-electron chi connectivity index (χ1n) is 3.10. The van der Waals surface area contributed by atoms with Gasteiger partial charge in [0.25, 0.3) is 0 Å². The number of hydrogen-bond acceptors (Lipinski definition) is 2. The molecule has 0 aromatic rings. The van der Waals surface area contributed by atoms with Gasteiger partial charge in [0.15, 0.2) is 0 Å². The first kappa shape index (κ1) is 6.81. The van der Waals surface area contributed by atoms with Gasteiger partial charge in [0, 0.05) is 10.5 Å². The normalized spacial score (nSPS) is 33.0. The molecule has 1 saturated heterocycles. The molecule has 1 aliphatic rings. The van der Waals surface area contributed by atoms with Crippen molar-refractivity contribution in [1.29, 1.82) is 0 Å².